The van der Waals surface area contributed by atoms with Crippen LogP contribution in [0.4, 0.5) is 4.39 Å². The van der Waals surface area contributed by atoms with Crippen molar-refractivity contribution in [2.24, 2.45) is 5.92 Å². The first-order valence-corrected chi connectivity index (χ1v) is 13.0. The maximum atomic E-state index is 13.9. The van der Waals surface area contributed by atoms with Crippen LogP contribution in [0.25, 0.3) is 0 Å². The van der Waals surface area contributed by atoms with Gasteiger partial charge in [0.2, 0.25) is 15.9 Å². The van der Waals surface area contributed by atoms with Crippen LogP contribution in [-0.4, -0.2) is 43.7 Å². The van der Waals surface area contributed by atoms with E-state index in [0.29, 0.717) is 25.9 Å². The van der Waals surface area contributed by atoms with Crippen LogP contribution in [0.5, 0.6) is 5.75 Å². The summed E-state index contributed by atoms with van der Waals surface area (Å²) in [6.07, 6.45) is 1.13. The molecular weight excluding hydrogens is 467 g/mol. The monoisotopic (exact) mass is 496 g/mol. The molecule has 4 rings (SSSR count). The Kier molecular flexibility index (Phi) is 7.83. The first-order valence-electron chi connectivity index (χ1n) is 11.6. The topological polar surface area (TPSA) is 66.9 Å². The Morgan fingerprint density at radius 3 is 2.17 bits per heavy atom. The van der Waals surface area contributed by atoms with Gasteiger partial charge in [0, 0.05) is 26.2 Å². The van der Waals surface area contributed by atoms with Crippen LogP contribution in [0.1, 0.15) is 24.0 Å². The van der Waals surface area contributed by atoms with Crippen molar-refractivity contribution in [3.8, 4) is 5.75 Å². The quantitative estimate of drug-likeness (QED) is 0.462. The molecule has 35 heavy (non-hydrogen) atoms. The molecule has 0 saturated carbocycles. The summed E-state index contributed by atoms with van der Waals surface area (Å²) >= 11 is 0. The Morgan fingerprint density at radius 2 is 1.60 bits per heavy atom. The smallest absolute Gasteiger partial charge is 0.246 e. The lowest BCUT2D eigenvalue weighted by Crippen LogP contribution is -2.46. The second-order valence-electron chi connectivity index (χ2n) is 8.66. The Balaban J connectivity index is 1.57. The molecule has 184 valence electrons. The molecule has 1 amide bonds. The molecule has 1 fully saturated rings. The van der Waals surface area contributed by atoms with Crippen LogP contribution >= 0.6 is 0 Å². The van der Waals surface area contributed by atoms with E-state index in [9.17, 15) is 17.6 Å². The molecule has 0 aromatic heterocycles. The Morgan fingerprint density at radius 1 is 1.00 bits per heavy atom. The van der Waals surface area contributed by atoms with Gasteiger partial charge in [-0.05, 0) is 42.2 Å². The molecule has 1 heterocycles. The number of sulfonamides is 1. The standard InChI is InChI=1S/C27H29FN2O4S/c1-34-25-15-14-24(28)17-26(25)35(32,33)30-16-8-13-23(20-30)27(31)29(18-21-9-4-2-5-10-21)19-22-11-6-3-7-12-22/h2-7,9-12,14-15,17,23H,8,13,16,18-20H2,1H3. The van der Waals surface area contributed by atoms with E-state index in [2.05, 4.69) is 0 Å². The summed E-state index contributed by atoms with van der Waals surface area (Å²) in [5.74, 6) is -1.17. The van der Waals surface area contributed by atoms with Crippen molar-refractivity contribution < 1.29 is 22.3 Å². The van der Waals surface area contributed by atoms with Crippen molar-refractivity contribution >= 4 is 15.9 Å². The SMILES string of the molecule is COc1ccc(F)cc1S(=O)(=O)N1CCCC(C(=O)N(Cc2ccccc2)Cc2ccccc2)C1. The molecule has 0 spiro atoms. The number of hydrogen-bond acceptors (Lipinski definition) is 4. The number of halogens is 1. The Hall–Kier alpha value is -3.23. The third-order valence-corrected chi connectivity index (χ3v) is 8.11. The van der Waals surface area contributed by atoms with Gasteiger partial charge in [-0.25, -0.2) is 12.8 Å². The average molecular weight is 497 g/mol. The normalized spacial score (nSPS) is 16.6. The highest BCUT2D eigenvalue weighted by Crippen LogP contribution is 2.31. The van der Waals surface area contributed by atoms with Gasteiger partial charge in [0.15, 0.2) is 0 Å². The molecule has 1 aliphatic rings. The van der Waals surface area contributed by atoms with Crippen molar-refractivity contribution in [1.82, 2.24) is 9.21 Å². The third-order valence-electron chi connectivity index (χ3n) is 6.22. The van der Waals surface area contributed by atoms with Gasteiger partial charge in [-0.2, -0.15) is 4.31 Å². The third kappa shape index (κ3) is 5.89. The highest BCUT2D eigenvalue weighted by atomic mass is 32.2. The second-order valence-corrected chi connectivity index (χ2v) is 10.6. The van der Waals surface area contributed by atoms with Crippen molar-refractivity contribution in [2.75, 3.05) is 20.2 Å². The maximum absolute atomic E-state index is 13.9. The van der Waals surface area contributed by atoms with E-state index in [1.807, 2.05) is 60.7 Å². The molecule has 0 radical (unpaired) electrons. The van der Waals surface area contributed by atoms with E-state index in [4.69, 9.17) is 4.74 Å². The number of amides is 1. The number of carbonyl (C=O) groups excluding carboxylic acids is 1. The lowest BCUT2D eigenvalue weighted by Gasteiger charge is -2.34. The van der Waals surface area contributed by atoms with Gasteiger partial charge in [0.05, 0.1) is 13.0 Å². The molecule has 1 atom stereocenters. The predicted molar refractivity (Wildman–Crippen MR) is 132 cm³/mol. The molecule has 3 aromatic carbocycles. The first-order chi connectivity index (χ1) is 16.9. The van der Waals surface area contributed by atoms with E-state index in [1.165, 1.54) is 17.5 Å². The molecule has 0 bridgehead atoms. The van der Waals surface area contributed by atoms with Gasteiger partial charge in [-0.15, -0.1) is 0 Å². The fourth-order valence-corrected chi connectivity index (χ4v) is 6.12. The van der Waals surface area contributed by atoms with Gasteiger partial charge in [0.25, 0.3) is 0 Å². The van der Waals surface area contributed by atoms with Gasteiger partial charge in [-0.3, -0.25) is 4.79 Å². The van der Waals surface area contributed by atoms with Crippen LogP contribution in [0.3, 0.4) is 0 Å². The maximum Gasteiger partial charge on any atom is 0.246 e. The lowest BCUT2D eigenvalue weighted by molar-refractivity contribution is -0.138. The van der Waals surface area contributed by atoms with Crippen molar-refractivity contribution in [3.05, 3.63) is 95.8 Å². The van der Waals surface area contributed by atoms with E-state index < -0.39 is 21.8 Å². The Labute approximate surface area is 206 Å². The lowest BCUT2D eigenvalue weighted by atomic mass is 9.97. The minimum atomic E-state index is -4.04. The van der Waals surface area contributed by atoms with Gasteiger partial charge >= 0.3 is 0 Å². The van der Waals surface area contributed by atoms with Crippen LogP contribution in [0.15, 0.2) is 83.8 Å². The number of nitrogens with zero attached hydrogens (tertiary/aromatic N) is 2. The first kappa shape index (κ1) is 24.9. The number of carbonyl (C=O) groups is 1. The summed E-state index contributed by atoms with van der Waals surface area (Å²) in [5, 5.41) is 0. The summed E-state index contributed by atoms with van der Waals surface area (Å²) in [5.41, 5.74) is 2.00. The zero-order valence-corrected chi connectivity index (χ0v) is 20.5. The highest BCUT2D eigenvalue weighted by molar-refractivity contribution is 7.89. The molecule has 3 aromatic rings. The van der Waals surface area contributed by atoms with Crippen molar-refractivity contribution in [2.45, 2.75) is 30.8 Å². The molecule has 8 heteroatoms. The average Bonchev–Trinajstić information content (AvgIpc) is 2.89. The minimum Gasteiger partial charge on any atom is -0.495 e. The van der Waals surface area contributed by atoms with Crippen LogP contribution in [0, 0.1) is 11.7 Å². The highest BCUT2D eigenvalue weighted by Gasteiger charge is 2.36. The van der Waals surface area contributed by atoms with Crippen LogP contribution in [-0.2, 0) is 27.9 Å². The van der Waals surface area contributed by atoms with E-state index in [0.717, 1.165) is 23.3 Å². The molecule has 1 saturated heterocycles. The van der Waals surface area contributed by atoms with E-state index in [-0.39, 0.29) is 29.6 Å². The predicted octanol–water partition coefficient (Wildman–Crippen LogP) is 4.46. The molecule has 0 aliphatic carbocycles. The second kappa shape index (κ2) is 11.0. The molecule has 1 aliphatic heterocycles. The molecule has 6 nitrogen and oxygen atoms in total. The van der Waals surface area contributed by atoms with E-state index in [1.54, 1.807) is 4.90 Å². The van der Waals surface area contributed by atoms with Crippen molar-refractivity contribution in [3.63, 3.8) is 0 Å². The summed E-state index contributed by atoms with van der Waals surface area (Å²) < 4.78 is 47.1. The number of rotatable bonds is 8. The zero-order valence-electron chi connectivity index (χ0n) is 19.6. The van der Waals surface area contributed by atoms with Gasteiger partial charge in [0.1, 0.15) is 16.5 Å². The number of hydrogen-bond donors (Lipinski definition) is 0. The largest absolute Gasteiger partial charge is 0.495 e. The summed E-state index contributed by atoms with van der Waals surface area (Å²) in [7, 11) is -2.69. The Bertz CT molecular complexity index is 1210. The van der Waals surface area contributed by atoms with Gasteiger partial charge in [-0.1, -0.05) is 60.7 Å². The number of ether oxygens (including phenoxy) is 1. The van der Waals surface area contributed by atoms with Crippen LogP contribution in [0.2, 0.25) is 0 Å². The van der Waals surface area contributed by atoms with Gasteiger partial charge < -0.3 is 9.64 Å². The molecule has 1 unspecified atom stereocenters. The molecular formula is C27H29FN2O4S. The van der Waals surface area contributed by atoms with Crippen molar-refractivity contribution in [1.29, 1.82) is 0 Å². The number of piperidine rings is 1. The summed E-state index contributed by atoms with van der Waals surface area (Å²) in [6.45, 7) is 1.16. The zero-order chi connectivity index (χ0) is 24.8. The number of methoxy groups -OCH3 is 1. The minimum absolute atomic E-state index is 0.0426. The number of benzene rings is 3. The van der Waals surface area contributed by atoms with E-state index >= 15 is 0 Å². The fraction of sp³-hybridized carbons (Fsp3) is 0.296. The fourth-order valence-electron chi connectivity index (χ4n) is 4.43. The summed E-state index contributed by atoms with van der Waals surface area (Å²) in [4.78, 5) is 15.3. The summed E-state index contributed by atoms with van der Waals surface area (Å²) in [6, 6.07) is 22.9. The van der Waals surface area contributed by atoms with Crippen LogP contribution < -0.4 is 4.74 Å². The molecule has 0 N–H and O–H groups in total.